The summed E-state index contributed by atoms with van der Waals surface area (Å²) < 4.78 is 11.4. The number of aromatic nitrogens is 2. The van der Waals surface area contributed by atoms with Gasteiger partial charge in [-0.2, -0.15) is 0 Å². The summed E-state index contributed by atoms with van der Waals surface area (Å²) in [6.45, 7) is 4.49. The second-order valence-corrected chi connectivity index (χ2v) is 7.68. The second kappa shape index (κ2) is 11.1. The Bertz CT molecular complexity index is 738. The van der Waals surface area contributed by atoms with Crippen molar-refractivity contribution in [3.8, 4) is 11.5 Å². The van der Waals surface area contributed by atoms with Crippen molar-refractivity contribution in [2.45, 2.75) is 38.5 Å². The number of rotatable bonds is 10. The average molecular weight is 401 g/mol. The van der Waals surface area contributed by atoms with Gasteiger partial charge in [-0.05, 0) is 50.7 Å². The van der Waals surface area contributed by atoms with E-state index in [1.54, 1.807) is 25.7 Å². The minimum Gasteiger partial charge on any atom is -0.493 e. The third kappa shape index (κ3) is 6.96. The molecule has 1 fully saturated rings. The Hall–Kier alpha value is -2.22. The van der Waals surface area contributed by atoms with Crippen molar-refractivity contribution in [1.82, 2.24) is 19.8 Å². The molecular weight excluding hydrogens is 368 g/mol. The van der Waals surface area contributed by atoms with Gasteiger partial charge in [-0.25, -0.2) is 0 Å². The van der Waals surface area contributed by atoms with Gasteiger partial charge in [0.2, 0.25) is 0 Å². The summed E-state index contributed by atoms with van der Waals surface area (Å²) in [6.07, 6.45) is 8.37. The Morgan fingerprint density at radius 3 is 2.69 bits per heavy atom. The summed E-state index contributed by atoms with van der Waals surface area (Å²) in [6, 6.07) is 5.93. The molecule has 0 saturated carbocycles. The molecule has 1 atom stereocenters. The third-order valence-electron chi connectivity index (χ3n) is 5.08. The highest BCUT2D eigenvalue weighted by Crippen LogP contribution is 2.29. The average Bonchev–Trinajstić information content (AvgIpc) is 2.74. The molecule has 7 nitrogen and oxygen atoms in total. The summed E-state index contributed by atoms with van der Waals surface area (Å²) in [5, 5.41) is 10.4. The van der Waals surface area contributed by atoms with Crippen LogP contribution in [0.1, 0.15) is 30.5 Å². The van der Waals surface area contributed by atoms with Gasteiger partial charge in [-0.1, -0.05) is 12.5 Å². The van der Waals surface area contributed by atoms with Crippen LogP contribution in [0.15, 0.2) is 36.8 Å². The van der Waals surface area contributed by atoms with Crippen molar-refractivity contribution in [2.75, 3.05) is 40.4 Å². The van der Waals surface area contributed by atoms with Crippen LogP contribution in [-0.2, 0) is 13.1 Å². The topological polar surface area (TPSA) is 71.0 Å². The number of piperidine rings is 1. The molecule has 1 saturated heterocycles. The first-order valence-corrected chi connectivity index (χ1v) is 10.3. The molecule has 1 aliphatic rings. The molecule has 2 aromatic rings. The highest BCUT2D eigenvalue weighted by molar-refractivity contribution is 5.43. The fourth-order valence-electron chi connectivity index (χ4n) is 3.67. The minimum atomic E-state index is -0.513. The lowest BCUT2D eigenvalue weighted by Crippen LogP contribution is -2.38. The zero-order valence-corrected chi connectivity index (χ0v) is 17.5. The summed E-state index contributed by atoms with van der Waals surface area (Å²) >= 11 is 0. The normalized spacial score (nSPS) is 16.0. The maximum atomic E-state index is 10.4. The number of hydrogen-bond donors (Lipinski definition) is 1. The van der Waals surface area contributed by atoms with Gasteiger partial charge in [-0.3, -0.25) is 14.9 Å². The van der Waals surface area contributed by atoms with Gasteiger partial charge in [0, 0.05) is 38.2 Å². The van der Waals surface area contributed by atoms with Crippen LogP contribution < -0.4 is 9.47 Å². The van der Waals surface area contributed by atoms with E-state index in [-0.39, 0.29) is 6.61 Å². The Balaban J connectivity index is 1.54. The maximum Gasteiger partial charge on any atom is 0.161 e. The first-order chi connectivity index (χ1) is 14.1. The molecule has 0 amide bonds. The molecule has 29 heavy (non-hydrogen) atoms. The molecule has 0 unspecified atom stereocenters. The van der Waals surface area contributed by atoms with E-state index in [4.69, 9.17) is 9.47 Å². The van der Waals surface area contributed by atoms with Crippen molar-refractivity contribution in [3.63, 3.8) is 0 Å². The number of nitrogens with zero attached hydrogens (tertiary/aromatic N) is 4. The lowest BCUT2D eigenvalue weighted by Gasteiger charge is -2.28. The van der Waals surface area contributed by atoms with Crippen molar-refractivity contribution < 1.29 is 14.6 Å². The summed E-state index contributed by atoms with van der Waals surface area (Å²) in [5.41, 5.74) is 2.04. The van der Waals surface area contributed by atoms with Crippen LogP contribution in [0.5, 0.6) is 11.5 Å². The smallest absolute Gasteiger partial charge is 0.161 e. The van der Waals surface area contributed by atoms with Gasteiger partial charge >= 0.3 is 0 Å². The van der Waals surface area contributed by atoms with Gasteiger partial charge < -0.3 is 19.5 Å². The highest BCUT2D eigenvalue weighted by atomic mass is 16.5. The molecule has 0 aliphatic carbocycles. The monoisotopic (exact) mass is 400 g/mol. The van der Waals surface area contributed by atoms with Crippen LogP contribution in [0, 0.1) is 0 Å². The van der Waals surface area contributed by atoms with Gasteiger partial charge in [0.25, 0.3) is 0 Å². The predicted molar refractivity (Wildman–Crippen MR) is 112 cm³/mol. The number of hydrogen-bond acceptors (Lipinski definition) is 7. The largest absolute Gasteiger partial charge is 0.493 e. The first-order valence-electron chi connectivity index (χ1n) is 10.3. The van der Waals surface area contributed by atoms with Crippen LogP contribution in [0.4, 0.5) is 0 Å². The molecule has 158 valence electrons. The number of β-amino-alcohol motifs (C(OH)–C–C–N with tert-alkyl or cyclic N) is 1. The Morgan fingerprint density at radius 2 is 1.97 bits per heavy atom. The van der Waals surface area contributed by atoms with Crippen molar-refractivity contribution in [2.24, 2.45) is 0 Å². The van der Waals surface area contributed by atoms with E-state index in [1.807, 2.05) is 25.2 Å². The molecule has 0 bridgehead atoms. The van der Waals surface area contributed by atoms with Crippen LogP contribution in [-0.4, -0.2) is 71.4 Å². The zero-order valence-electron chi connectivity index (χ0n) is 17.5. The fraction of sp³-hybridized carbons (Fsp3) is 0.545. The van der Waals surface area contributed by atoms with E-state index in [9.17, 15) is 5.11 Å². The number of aliphatic hydroxyl groups excluding tert-OH is 1. The molecule has 0 radical (unpaired) electrons. The number of aliphatic hydroxyl groups is 1. The molecule has 1 aromatic carbocycles. The molecule has 1 N–H and O–H groups in total. The van der Waals surface area contributed by atoms with E-state index in [2.05, 4.69) is 19.8 Å². The van der Waals surface area contributed by atoms with Crippen molar-refractivity contribution >= 4 is 0 Å². The Morgan fingerprint density at radius 1 is 1.14 bits per heavy atom. The summed E-state index contributed by atoms with van der Waals surface area (Å²) in [5.74, 6) is 1.34. The van der Waals surface area contributed by atoms with Gasteiger partial charge in [0.05, 0.1) is 12.8 Å². The van der Waals surface area contributed by atoms with Gasteiger partial charge in [-0.15, -0.1) is 0 Å². The Labute approximate surface area is 173 Å². The van der Waals surface area contributed by atoms with Crippen LogP contribution in [0.2, 0.25) is 0 Å². The quantitative estimate of drug-likeness (QED) is 0.656. The summed E-state index contributed by atoms with van der Waals surface area (Å²) in [4.78, 5) is 12.9. The van der Waals surface area contributed by atoms with E-state index in [0.29, 0.717) is 24.6 Å². The SMILES string of the molecule is COc1ccc(CN(C)Cc2cnccn2)cc1OC[C@@H](O)CN1CCCCC1. The highest BCUT2D eigenvalue weighted by Gasteiger charge is 2.16. The van der Waals surface area contributed by atoms with Crippen LogP contribution in [0.25, 0.3) is 0 Å². The number of likely N-dealkylation sites (tertiary alicyclic amines) is 1. The predicted octanol–water partition coefficient (Wildman–Crippen LogP) is 2.34. The second-order valence-electron chi connectivity index (χ2n) is 7.68. The minimum absolute atomic E-state index is 0.256. The van der Waals surface area contributed by atoms with E-state index >= 15 is 0 Å². The Kier molecular flexibility index (Phi) is 8.22. The molecule has 7 heteroatoms. The van der Waals surface area contributed by atoms with Crippen LogP contribution >= 0.6 is 0 Å². The van der Waals surface area contributed by atoms with E-state index in [1.165, 1.54) is 19.3 Å². The van der Waals surface area contributed by atoms with Crippen LogP contribution in [0.3, 0.4) is 0 Å². The first kappa shape index (κ1) is 21.5. The zero-order chi connectivity index (χ0) is 20.5. The van der Waals surface area contributed by atoms with Crippen molar-refractivity contribution in [3.05, 3.63) is 48.0 Å². The third-order valence-corrected chi connectivity index (χ3v) is 5.08. The summed E-state index contributed by atoms with van der Waals surface area (Å²) in [7, 11) is 3.67. The number of ether oxygens (including phenoxy) is 2. The molecule has 3 rings (SSSR count). The van der Waals surface area contributed by atoms with Gasteiger partial charge in [0.1, 0.15) is 12.7 Å². The fourth-order valence-corrected chi connectivity index (χ4v) is 3.67. The standard InChI is InChI=1S/C22H32N4O3/c1-25(15-19-13-23-8-9-24-19)14-18-6-7-21(28-2)22(12-18)29-17-20(27)16-26-10-4-3-5-11-26/h6-9,12-13,20,27H,3-5,10-11,14-17H2,1-2H3/t20-/m0/s1. The van der Waals surface area contributed by atoms with E-state index < -0.39 is 6.10 Å². The number of benzene rings is 1. The lowest BCUT2D eigenvalue weighted by molar-refractivity contribution is 0.0608. The van der Waals surface area contributed by atoms with Crippen molar-refractivity contribution in [1.29, 1.82) is 0 Å². The lowest BCUT2D eigenvalue weighted by atomic mass is 10.1. The number of methoxy groups -OCH3 is 1. The molecular formula is C22H32N4O3. The molecule has 1 aliphatic heterocycles. The van der Waals surface area contributed by atoms with Gasteiger partial charge in [0.15, 0.2) is 11.5 Å². The molecule has 2 heterocycles. The van der Waals surface area contributed by atoms with E-state index in [0.717, 1.165) is 30.9 Å². The molecule has 1 aromatic heterocycles. The maximum absolute atomic E-state index is 10.4. The molecule has 0 spiro atoms.